The van der Waals surface area contributed by atoms with Crippen LogP contribution < -0.4 is 0 Å². The van der Waals surface area contributed by atoms with E-state index in [1.165, 1.54) is 68.2 Å². The second-order valence-corrected chi connectivity index (χ2v) is 11.3. The van der Waals surface area contributed by atoms with Gasteiger partial charge in [-0.2, -0.15) is 5.10 Å². The molecule has 3 heteroatoms. The zero-order valence-electron chi connectivity index (χ0n) is 19.0. The summed E-state index contributed by atoms with van der Waals surface area (Å²) in [6.07, 6.45) is 16.3. The molecule has 4 saturated carbocycles. The normalized spacial score (nSPS) is 45.7. The van der Waals surface area contributed by atoms with Crippen molar-refractivity contribution in [2.45, 2.75) is 98.1 Å². The third-order valence-electron chi connectivity index (χ3n) is 10.2. The Morgan fingerprint density at radius 1 is 1.10 bits per heavy atom. The van der Waals surface area contributed by atoms with E-state index < -0.39 is 0 Å². The van der Waals surface area contributed by atoms with Crippen molar-refractivity contribution < 1.29 is 5.11 Å². The molecule has 4 aliphatic carbocycles. The van der Waals surface area contributed by atoms with Crippen LogP contribution in [0.1, 0.15) is 89.8 Å². The highest BCUT2D eigenvalue weighted by atomic mass is 16.3. The van der Waals surface area contributed by atoms with Crippen molar-refractivity contribution in [3.63, 3.8) is 0 Å². The van der Waals surface area contributed by atoms with Gasteiger partial charge >= 0.3 is 0 Å². The number of aromatic nitrogens is 2. The zero-order valence-corrected chi connectivity index (χ0v) is 19.0. The van der Waals surface area contributed by atoms with Gasteiger partial charge in [-0.15, -0.1) is 0 Å². The number of fused-ring (bicyclic) bond motifs is 5. The average Bonchev–Trinajstić information content (AvgIpc) is 3.19. The first-order valence-corrected chi connectivity index (χ1v) is 12.3. The van der Waals surface area contributed by atoms with Crippen molar-refractivity contribution >= 4 is 6.08 Å². The molecule has 0 radical (unpaired) electrons. The standard InChI is InChI=1S/C26H40N2O/c1-5-28-17(2)19(16-27-28)14-18-15-23-21-10-9-20-8-6-7-12-25(20,3)22(21)11-13-26(23,4)24(18)29/h14,16,20-24,29H,5-13,15H2,1-4H3/b18-14-/t20-,21-,22+,23+,24+,25-,26-/m0/s1. The van der Waals surface area contributed by atoms with Gasteiger partial charge in [0.05, 0.1) is 12.3 Å². The predicted octanol–water partition coefficient (Wildman–Crippen LogP) is 6.00. The van der Waals surface area contributed by atoms with Crippen molar-refractivity contribution in [2.24, 2.45) is 34.5 Å². The van der Waals surface area contributed by atoms with Gasteiger partial charge in [0.25, 0.3) is 0 Å². The molecular weight excluding hydrogens is 356 g/mol. The summed E-state index contributed by atoms with van der Waals surface area (Å²) in [7, 11) is 0. The number of nitrogens with zero attached hydrogens (tertiary/aromatic N) is 2. The van der Waals surface area contributed by atoms with Crippen LogP contribution in [0.25, 0.3) is 6.08 Å². The van der Waals surface area contributed by atoms with Gasteiger partial charge in [0.1, 0.15) is 0 Å². The summed E-state index contributed by atoms with van der Waals surface area (Å²) >= 11 is 0. The molecular formula is C26H40N2O. The van der Waals surface area contributed by atoms with Crippen LogP contribution in [-0.4, -0.2) is 21.0 Å². The summed E-state index contributed by atoms with van der Waals surface area (Å²) in [5.41, 5.74) is 4.33. The highest BCUT2D eigenvalue weighted by molar-refractivity contribution is 5.57. The van der Waals surface area contributed by atoms with Crippen LogP contribution >= 0.6 is 0 Å². The summed E-state index contributed by atoms with van der Waals surface area (Å²) < 4.78 is 2.06. The lowest BCUT2D eigenvalue weighted by molar-refractivity contribution is -0.119. The van der Waals surface area contributed by atoms with E-state index in [9.17, 15) is 5.11 Å². The van der Waals surface area contributed by atoms with Gasteiger partial charge in [0.2, 0.25) is 0 Å². The van der Waals surface area contributed by atoms with Gasteiger partial charge in [0.15, 0.2) is 0 Å². The van der Waals surface area contributed by atoms with E-state index in [1.807, 2.05) is 6.20 Å². The zero-order chi connectivity index (χ0) is 20.4. The molecule has 0 unspecified atom stereocenters. The van der Waals surface area contributed by atoms with Crippen LogP contribution in [0.5, 0.6) is 0 Å². The fourth-order valence-electron chi connectivity index (χ4n) is 8.42. The highest BCUT2D eigenvalue weighted by Gasteiger charge is 2.60. The molecule has 160 valence electrons. The summed E-state index contributed by atoms with van der Waals surface area (Å²) in [6.45, 7) is 10.2. The Labute approximate surface area is 177 Å². The van der Waals surface area contributed by atoms with Crippen molar-refractivity contribution in [3.8, 4) is 0 Å². The monoisotopic (exact) mass is 396 g/mol. The quantitative estimate of drug-likeness (QED) is 0.666. The Morgan fingerprint density at radius 2 is 1.93 bits per heavy atom. The minimum atomic E-state index is -0.283. The second kappa shape index (κ2) is 6.97. The first-order chi connectivity index (χ1) is 13.9. The second-order valence-electron chi connectivity index (χ2n) is 11.3. The van der Waals surface area contributed by atoms with Gasteiger partial charge in [-0.05, 0) is 99.5 Å². The van der Waals surface area contributed by atoms with E-state index >= 15 is 0 Å². The fraction of sp³-hybridized carbons (Fsp3) is 0.808. The molecule has 0 spiro atoms. The smallest absolute Gasteiger partial charge is 0.0809 e. The van der Waals surface area contributed by atoms with Crippen LogP contribution in [0, 0.1) is 41.4 Å². The number of aliphatic hydroxyl groups is 1. The van der Waals surface area contributed by atoms with Gasteiger partial charge in [-0.1, -0.05) is 26.7 Å². The Morgan fingerprint density at radius 3 is 2.69 bits per heavy atom. The Kier molecular flexibility index (Phi) is 4.77. The lowest BCUT2D eigenvalue weighted by atomic mass is 9.45. The first kappa shape index (κ1) is 19.8. The number of hydrogen-bond donors (Lipinski definition) is 1. The fourth-order valence-corrected chi connectivity index (χ4v) is 8.42. The van der Waals surface area contributed by atoms with E-state index in [0.29, 0.717) is 11.3 Å². The van der Waals surface area contributed by atoms with E-state index in [0.717, 1.165) is 30.7 Å². The number of rotatable bonds is 2. The molecule has 0 amide bonds. The van der Waals surface area contributed by atoms with Gasteiger partial charge < -0.3 is 5.11 Å². The lowest BCUT2D eigenvalue weighted by Gasteiger charge is -2.60. The number of aryl methyl sites for hydroxylation is 1. The molecule has 0 aliphatic heterocycles. The maximum Gasteiger partial charge on any atom is 0.0809 e. The lowest BCUT2D eigenvalue weighted by Crippen LogP contribution is -2.53. The van der Waals surface area contributed by atoms with Gasteiger partial charge in [-0.3, -0.25) is 4.68 Å². The molecule has 0 aromatic carbocycles. The molecule has 4 fully saturated rings. The van der Waals surface area contributed by atoms with Crippen LogP contribution in [-0.2, 0) is 6.54 Å². The SMILES string of the molecule is CCn1ncc(/C=C2/C[C@@H]3[C@H]4CC[C@@H]5CCCC[C@]5(C)[C@@H]4CC[C@]3(C)[C@@H]2O)c1C. The third-order valence-corrected chi connectivity index (χ3v) is 10.2. The molecule has 4 aliphatic rings. The molecule has 0 bridgehead atoms. The summed E-state index contributed by atoms with van der Waals surface area (Å²) in [4.78, 5) is 0. The number of aliphatic hydroxyl groups excluding tert-OH is 1. The van der Waals surface area contributed by atoms with Crippen molar-refractivity contribution in [3.05, 3.63) is 23.0 Å². The van der Waals surface area contributed by atoms with Gasteiger partial charge in [0, 0.05) is 23.2 Å². The van der Waals surface area contributed by atoms with Crippen LogP contribution in [0.15, 0.2) is 11.8 Å². The highest BCUT2D eigenvalue weighted by Crippen LogP contribution is 2.67. The Bertz CT molecular complexity index is 810. The van der Waals surface area contributed by atoms with E-state index in [1.54, 1.807) is 0 Å². The molecule has 1 N–H and O–H groups in total. The van der Waals surface area contributed by atoms with Gasteiger partial charge in [-0.25, -0.2) is 0 Å². The number of hydrogen-bond acceptors (Lipinski definition) is 2. The molecule has 5 rings (SSSR count). The summed E-state index contributed by atoms with van der Waals surface area (Å²) in [5.74, 6) is 3.32. The van der Waals surface area contributed by atoms with Crippen LogP contribution in [0.3, 0.4) is 0 Å². The molecule has 29 heavy (non-hydrogen) atoms. The molecule has 1 aromatic rings. The summed E-state index contributed by atoms with van der Waals surface area (Å²) in [5, 5.41) is 16.0. The van der Waals surface area contributed by atoms with E-state index in [-0.39, 0.29) is 11.5 Å². The van der Waals surface area contributed by atoms with E-state index in [2.05, 4.69) is 43.6 Å². The van der Waals surface area contributed by atoms with Crippen LogP contribution in [0.4, 0.5) is 0 Å². The molecule has 7 atom stereocenters. The van der Waals surface area contributed by atoms with Crippen molar-refractivity contribution in [2.75, 3.05) is 0 Å². The largest absolute Gasteiger partial charge is 0.388 e. The average molecular weight is 397 g/mol. The Balaban J connectivity index is 1.45. The molecule has 1 aromatic heterocycles. The predicted molar refractivity (Wildman–Crippen MR) is 118 cm³/mol. The van der Waals surface area contributed by atoms with Crippen molar-refractivity contribution in [1.82, 2.24) is 9.78 Å². The maximum atomic E-state index is 11.5. The minimum Gasteiger partial charge on any atom is -0.388 e. The van der Waals surface area contributed by atoms with Crippen LogP contribution in [0.2, 0.25) is 0 Å². The molecule has 0 saturated heterocycles. The van der Waals surface area contributed by atoms with E-state index in [4.69, 9.17) is 0 Å². The molecule has 3 nitrogen and oxygen atoms in total. The third kappa shape index (κ3) is 2.82. The Hall–Kier alpha value is -1.09. The van der Waals surface area contributed by atoms with Crippen molar-refractivity contribution in [1.29, 1.82) is 0 Å². The topological polar surface area (TPSA) is 38.0 Å². The maximum absolute atomic E-state index is 11.5. The first-order valence-electron chi connectivity index (χ1n) is 12.3. The minimum absolute atomic E-state index is 0.0690. The molecule has 1 heterocycles. The summed E-state index contributed by atoms with van der Waals surface area (Å²) in [6, 6.07) is 0.